The summed E-state index contributed by atoms with van der Waals surface area (Å²) >= 11 is 1.08. The summed E-state index contributed by atoms with van der Waals surface area (Å²) in [6, 6.07) is 18.3. The third-order valence-electron chi connectivity index (χ3n) is 5.04. The summed E-state index contributed by atoms with van der Waals surface area (Å²) in [5, 5.41) is 3.76. The van der Waals surface area contributed by atoms with Crippen molar-refractivity contribution in [2.45, 2.75) is 5.16 Å². The lowest BCUT2D eigenvalue weighted by Gasteiger charge is -2.12. The average molecular weight is 462 g/mol. The molecule has 33 heavy (non-hydrogen) atoms. The number of anilines is 1. The van der Waals surface area contributed by atoms with Crippen LogP contribution in [0.25, 0.3) is 27.6 Å². The van der Waals surface area contributed by atoms with E-state index in [2.05, 4.69) is 15.3 Å². The number of carbonyl (C=O) groups excluding carboxylic acids is 1. The van der Waals surface area contributed by atoms with Gasteiger partial charge in [0.15, 0.2) is 5.16 Å². The van der Waals surface area contributed by atoms with E-state index in [0.717, 1.165) is 22.7 Å². The second kappa shape index (κ2) is 8.51. The molecule has 2 N–H and O–H groups in total. The summed E-state index contributed by atoms with van der Waals surface area (Å²) < 4.78 is 27.9. The van der Waals surface area contributed by atoms with Gasteiger partial charge in [-0.05, 0) is 54.6 Å². The predicted octanol–water partition coefficient (Wildman–Crippen LogP) is 4.88. The number of fused-ring (bicyclic) bond motifs is 3. The van der Waals surface area contributed by atoms with E-state index in [1.807, 2.05) is 24.3 Å². The molecule has 2 aromatic heterocycles. The molecule has 5 rings (SSSR count). The normalized spacial score (nSPS) is 11.2. The van der Waals surface area contributed by atoms with E-state index in [1.54, 1.807) is 0 Å². The number of amides is 1. The molecule has 0 saturated heterocycles. The minimum Gasteiger partial charge on any atom is -0.349 e. The molecule has 1 amide bonds. The maximum Gasteiger partial charge on any atom is 0.283 e. The van der Waals surface area contributed by atoms with Gasteiger partial charge in [0.05, 0.1) is 11.4 Å². The first-order valence-electron chi connectivity index (χ1n) is 9.97. The van der Waals surface area contributed by atoms with Crippen LogP contribution < -0.4 is 10.9 Å². The summed E-state index contributed by atoms with van der Waals surface area (Å²) in [5.41, 5.74) is 2.10. The van der Waals surface area contributed by atoms with Crippen LogP contribution in [0.3, 0.4) is 0 Å². The van der Waals surface area contributed by atoms with Gasteiger partial charge in [0, 0.05) is 16.6 Å². The molecule has 0 atom stereocenters. The van der Waals surface area contributed by atoms with E-state index >= 15 is 0 Å². The number of thioether (sulfide) groups is 1. The summed E-state index contributed by atoms with van der Waals surface area (Å²) in [6.07, 6.45) is 0. The van der Waals surface area contributed by atoms with Gasteiger partial charge in [-0.1, -0.05) is 30.0 Å². The number of rotatable bonds is 5. The number of nitrogens with one attached hydrogen (secondary N) is 2. The van der Waals surface area contributed by atoms with Crippen molar-refractivity contribution < 1.29 is 13.6 Å². The molecule has 0 bridgehead atoms. The maximum absolute atomic E-state index is 13.5. The van der Waals surface area contributed by atoms with E-state index < -0.39 is 11.6 Å². The monoisotopic (exact) mass is 462 g/mol. The number of H-pyrrole nitrogens is 1. The standard InChI is InChI=1S/C24H16F2N4O2S/c25-14-5-9-16(10-6-14)27-20(31)13-33-24-29-21-18-3-1-2-4-19(18)28-22(21)23(32)30(24)17-11-7-15(26)8-12-17/h1-12,28H,13H2,(H,27,31). The molecular weight excluding hydrogens is 446 g/mol. The number of nitrogens with zero attached hydrogens (tertiary/aromatic N) is 2. The lowest BCUT2D eigenvalue weighted by Crippen LogP contribution is -2.23. The van der Waals surface area contributed by atoms with Crippen LogP contribution in [0.15, 0.2) is 82.7 Å². The Kier molecular flexibility index (Phi) is 5.39. The topological polar surface area (TPSA) is 79.8 Å². The summed E-state index contributed by atoms with van der Waals surface area (Å²) in [6.45, 7) is 0. The fourth-order valence-electron chi connectivity index (χ4n) is 3.52. The smallest absolute Gasteiger partial charge is 0.283 e. The molecule has 164 valence electrons. The van der Waals surface area contributed by atoms with E-state index in [0.29, 0.717) is 22.4 Å². The van der Waals surface area contributed by atoms with Gasteiger partial charge in [-0.15, -0.1) is 0 Å². The number of benzene rings is 3. The van der Waals surface area contributed by atoms with Crippen LogP contribution in [0.2, 0.25) is 0 Å². The van der Waals surface area contributed by atoms with Crippen LogP contribution in [0.4, 0.5) is 14.5 Å². The van der Waals surface area contributed by atoms with Crippen molar-refractivity contribution in [1.29, 1.82) is 0 Å². The van der Waals surface area contributed by atoms with Gasteiger partial charge in [-0.2, -0.15) is 0 Å². The molecule has 2 heterocycles. The van der Waals surface area contributed by atoms with Crippen molar-refractivity contribution in [3.05, 3.63) is 94.8 Å². The molecule has 9 heteroatoms. The largest absolute Gasteiger partial charge is 0.349 e. The maximum atomic E-state index is 13.5. The Hall–Kier alpha value is -3.98. The van der Waals surface area contributed by atoms with Crippen LogP contribution >= 0.6 is 11.8 Å². The van der Waals surface area contributed by atoms with Gasteiger partial charge in [0.2, 0.25) is 5.91 Å². The molecule has 6 nitrogen and oxygen atoms in total. The first-order valence-corrected chi connectivity index (χ1v) is 11.0. The molecule has 5 aromatic rings. The van der Waals surface area contributed by atoms with Gasteiger partial charge < -0.3 is 10.3 Å². The van der Waals surface area contributed by atoms with Gasteiger partial charge in [-0.25, -0.2) is 13.8 Å². The van der Waals surface area contributed by atoms with E-state index in [9.17, 15) is 18.4 Å². The lowest BCUT2D eigenvalue weighted by molar-refractivity contribution is -0.113. The third-order valence-corrected chi connectivity index (χ3v) is 5.98. The van der Waals surface area contributed by atoms with E-state index in [4.69, 9.17) is 0 Å². The second-order valence-electron chi connectivity index (χ2n) is 7.25. The fourth-order valence-corrected chi connectivity index (χ4v) is 4.32. The number of carbonyl (C=O) groups is 1. The number of hydrogen-bond donors (Lipinski definition) is 2. The summed E-state index contributed by atoms with van der Waals surface area (Å²) in [4.78, 5) is 33.7. The minimum atomic E-state index is -0.431. The van der Waals surface area contributed by atoms with E-state index in [1.165, 1.54) is 53.1 Å². The van der Waals surface area contributed by atoms with Gasteiger partial charge in [-0.3, -0.25) is 14.2 Å². The predicted molar refractivity (Wildman–Crippen MR) is 125 cm³/mol. The molecule has 0 radical (unpaired) electrons. The van der Waals surface area contributed by atoms with Gasteiger partial charge in [0.25, 0.3) is 5.56 Å². The highest BCUT2D eigenvalue weighted by molar-refractivity contribution is 7.99. The van der Waals surface area contributed by atoms with Crippen LogP contribution in [0.1, 0.15) is 0 Å². The molecular formula is C24H16F2N4O2S. The molecule has 0 aliphatic rings. The van der Waals surface area contributed by atoms with Gasteiger partial charge in [0.1, 0.15) is 22.7 Å². The minimum absolute atomic E-state index is 0.0428. The van der Waals surface area contributed by atoms with Crippen molar-refractivity contribution in [2.24, 2.45) is 0 Å². The zero-order valence-electron chi connectivity index (χ0n) is 17.0. The first kappa shape index (κ1) is 20.9. The third kappa shape index (κ3) is 4.10. The van der Waals surface area contributed by atoms with Crippen LogP contribution in [-0.4, -0.2) is 26.2 Å². The molecule has 0 aliphatic carbocycles. The fraction of sp³-hybridized carbons (Fsp3) is 0.0417. The molecule has 3 aromatic carbocycles. The molecule has 0 spiro atoms. The number of halogens is 2. The lowest BCUT2D eigenvalue weighted by atomic mass is 10.2. The zero-order chi connectivity index (χ0) is 22.9. The van der Waals surface area contributed by atoms with Crippen molar-refractivity contribution >= 4 is 45.3 Å². The Bertz CT molecular complexity index is 1540. The number of hydrogen-bond acceptors (Lipinski definition) is 4. The second-order valence-corrected chi connectivity index (χ2v) is 8.19. The van der Waals surface area contributed by atoms with Crippen LogP contribution in [0, 0.1) is 11.6 Å². The Morgan fingerprint density at radius 2 is 1.64 bits per heavy atom. The van der Waals surface area contributed by atoms with Crippen LogP contribution in [-0.2, 0) is 4.79 Å². The highest BCUT2D eigenvalue weighted by atomic mass is 32.2. The highest BCUT2D eigenvalue weighted by Gasteiger charge is 2.18. The van der Waals surface area contributed by atoms with Crippen molar-refractivity contribution in [3.8, 4) is 5.69 Å². The SMILES string of the molecule is O=C(CSc1nc2c([nH]c3ccccc32)c(=O)n1-c1ccc(F)cc1)Nc1ccc(F)cc1. The molecule has 0 unspecified atom stereocenters. The number of aromatic amines is 1. The van der Waals surface area contributed by atoms with Crippen molar-refractivity contribution in [1.82, 2.24) is 14.5 Å². The number of para-hydroxylation sites is 1. The van der Waals surface area contributed by atoms with Gasteiger partial charge >= 0.3 is 0 Å². The zero-order valence-corrected chi connectivity index (χ0v) is 17.8. The van der Waals surface area contributed by atoms with Crippen LogP contribution in [0.5, 0.6) is 0 Å². The molecule has 0 aliphatic heterocycles. The Morgan fingerprint density at radius 3 is 2.36 bits per heavy atom. The quantitative estimate of drug-likeness (QED) is 0.288. The molecule has 0 saturated carbocycles. The van der Waals surface area contributed by atoms with Crippen molar-refractivity contribution in [2.75, 3.05) is 11.1 Å². The summed E-state index contributed by atoms with van der Waals surface area (Å²) in [5.74, 6) is -1.22. The Morgan fingerprint density at radius 1 is 0.970 bits per heavy atom. The average Bonchev–Trinajstić information content (AvgIpc) is 3.19. The molecule has 0 fully saturated rings. The number of aromatic nitrogens is 3. The van der Waals surface area contributed by atoms with Crippen molar-refractivity contribution in [3.63, 3.8) is 0 Å². The van der Waals surface area contributed by atoms with E-state index in [-0.39, 0.29) is 22.4 Å². The highest BCUT2D eigenvalue weighted by Crippen LogP contribution is 2.26. The Balaban J connectivity index is 1.55. The summed E-state index contributed by atoms with van der Waals surface area (Å²) in [7, 11) is 0. The first-order chi connectivity index (χ1) is 16.0. The Labute approximate surface area is 190 Å².